The standard InChI is InChI=1S/C24H17NO/c25-19-14-12-17(13-15-19)16-8-10-18(11-9-16)20-5-3-6-22-21-4-1-2-7-23(21)26-24(20)22/h1-15H,25H2. The zero-order valence-electron chi connectivity index (χ0n) is 14.1. The fraction of sp³-hybridized carbons (Fsp3) is 0. The molecule has 2 heteroatoms. The molecule has 0 unspecified atom stereocenters. The summed E-state index contributed by atoms with van der Waals surface area (Å²) in [6.45, 7) is 0. The molecular weight excluding hydrogens is 318 g/mol. The molecule has 0 bridgehead atoms. The summed E-state index contributed by atoms with van der Waals surface area (Å²) in [5, 5.41) is 2.31. The van der Waals surface area contributed by atoms with Crippen LogP contribution < -0.4 is 5.73 Å². The second-order valence-corrected chi connectivity index (χ2v) is 6.48. The number of rotatable bonds is 2. The van der Waals surface area contributed by atoms with Crippen molar-refractivity contribution in [1.29, 1.82) is 0 Å². The molecule has 2 nitrogen and oxygen atoms in total. The maximum absolute atomic E-state index is 6.15. The second kappa shape index (κ2) is 5.78. The largest absolute Gasteiger partial charge is 0.455 e. The first-order chi connectivity index (χ1) is 12.8. The highest BCUT2D eigenvalue weighted by molar-refractivity contribution is 6.09. The molecule has 0 spiro atoms. The van der Waals surface area contributed by atoms with E-state index in [1.165, 1.54) is 5.56 Å². The molecule has 26 heavy (non-hydrogen) atoms. The van der Waals surface area contributed by atoms with Crippen LogP contribution >= 0.6 is 0 Å². The van der Waals surface area contributed by atoms with Crippen LogP contribution in [0.4, 0.5) is 5.69 Å². The summed E-state index contributed by atoms with van der Waals surface area (Å²) in [7, 11) is 0. The normalized spacial score (nSPS) is 11.2. The number of para-hydroxylation sites is 2. The Morgan fingerprint density at radius 1 is 0.538 bits per heavy atom. The molecule has 0 atom stereocenters. The maximum atomic E-state index is 6.15. The minimum absolute atomic E-state index is 0.780. The lowest BCUT2D eigenvalue weighted by molar-refractivity contribution is 0.670. The van der Waals surface area contributed by atoms with E-state index >= 15 is 0 Å². The van der Waals surface area contributed by atoms with Crippen LogP contribution in [-0.2, 0) is 0 Å². The number of nitrogens with two attached hydrogens (primary N) is 1. The van der Waals surface area contributed by atoms with Gasteiger partial charge in [0.2, 0.25) is 0 Å². The van der Waals surface area contributed by atoms with Crippen molar-refractivity contribution >= 4 is 27.6 Å². The summed E-state index contributed by atoms with van der Waals surface area (Å²) in [5.74, 6) is 0. The van der Waals surface area contributed by atoms with Crippen LogP contribution in [0.3, 0.4) is 0 Å². The fourth-order valence-corrected chi connectivity index (χ4v) is 3.49. The van der Waals surface area contributed by atoms with Crippen molar-refractivity contribution in [2.45, 2.75) is 0 Å². The highest BCUT2D eigenvalue weighted by atomic mass is 16.3. The SMILES string of the molecule is Nc1ccc(-c2ccc(-c3cccc4c3oc3ccccc34)cc2)cc1. The number of hydrogen-bond donors (Lipinski definition) is 1. The first kappa shape index (κ1) is 14.8. The summed E-state index contributed by atoms with van der Waals surface area (Å²) in [4.78, 5) is 0. The van der Waals surface area contributed by atoms with Crippen LogP contribution in [0.1, 0.15) is 0 Å². The van der Waals surface area contributed by atoms with E-state index < -0.39 is 0 Å². The lowest BCUT2D eigenvalue weighted by Gasteiger charge is -2.06. The van der Waals surface area contributed by atoms with Crippen LogP contribution in [-0.4, -0.2) is 0 Å². The van der Waals surface area contributed by atoms with Crippen LogP contribution in [0.25, 0.3) is 44.2 Å². The summed E-state index contributed by atoms with van der Waals surface area (Å²) in [6.07, 6.45) is 0. The number of fused-ring (bicyclic) bond motifs is 3. The third kappa shape index (κ3) is 2.35. The molecule has 5 rings (SSSR count). The van der Waals surface area contributed by atoms with Gasteiger partial charge in [-0.15, -0.1) is 0 Å². The number of anilines is 1. The van der Waals surface area contributed by atoms with E-state index in [0.717, 1.165) is 44.3 Å². The van der Waals surface area contributed by atoms with Crippen molar-refractivity contribution in [2.75, 3.05) is 5.73 Å². The van der Waals surface area contributed by atoms with Gasteiger partial charge in [-0.1, -0.05) is 72.8 Å². The van der Waals surface area contributed by atoms with E-state index in [-0.39, 0.29) is 0 Å². The van der Waals surface area contributed by atoms with Crippen molar-refractivity contribution in [3.63, 3.8) is 0 Å². The monoisotopic (exact) mass is 335 g/mol. The van der Waals surface area contributed by atoms with E-state index in [1.807, 2.05) is 42.5 Å². The minimum Gasteiger partial charge on any atom is -0.455 e. The first-order valence-corrected chi connectivity index (χ1v) is 8.66. The second-order valence-electron chi connectivity index (χ2n) is 6.48. The Morgan fingerprint density at radius 3 is 1.92 bits per heavy atom. The molecule has 0 amide bonds. The molecule has 1 aromatic heterocycles. The van der Waals surface area contributed by atoms with E-state index in [1.54, 1.807) is 0 Å². The Kier molecular flexibility index (Phi) is 3.29. The molecule has 0 saturated heterocycles. The molecule has 4 aromatic carbocycles. The van der Waals surface area contributed by atoms with Crippen LogP contribution in [0.15, 0.2) is 95.4 Å². The predicted molar refractivity (Wildman–Crippen MR) is 109 cm³/mol. The minimum atomic E-state index is 0.780. The summed E-state index contributed by atoms with van der Waals surface area (Å²) >= 11 is 0. The van der Waals surface area contributed by atoms with Gasteiger partial charge in [0.1, 0.15) is 11.2 Å². The lowest BCUT2D eigenvalue weighted by atomic mass is 9.99. The molecule has 0 aliphatic rings. The van der Waals surface area contributed by atoms with Crippen molar-refractivity contribution in [1.82, 2.24) is 0 Å². The molecule has 0 aliphatic heterocycles. The number of benzene rings is 4. The van der Waals surface area contributed by atoms with Gasteiger partial charge < -0.3 is 10.2 Å². The van der Waals surface area contributed by atoms with Gasteiger partial charge in [0, 0.05) is 22.0 Å². The molecule has 0 radical (unpaired) electrons. The molecule has 2 N–H and O–H groups in total. The number of nitrogen functional groups attached to an aromatic ring is 1. The molecule has 0 fully saturated rings. The van der Waals surface area contributed by atoms with E-state index in [9.17, 15) is 0 Å². The number of hydrogen-bond acceptors (Lipinski definition) is 2. The Morgan fingerprint density at radius 2 is 1.15 bits per heavy atom. The van der Waals surface area contributed by atoms with Gasteiger partial charge in [0.25, 0.3) is 0 Å². The van der Waals surface area contributed by atoms with E-state index in [0.29, 0.717) is 0 Å². The molecule has 0 aliphatic carbocycles. The third-order valence-electron chi connectivity index (χ3n) is 4.84. The summed E-state index contributed by atoms with van der Waals surface area (Å²) < 4.78 is 6.15. The maximum Gasteiger partial charge on any atom is 0.143 e. The molecular formula is C24H17NO. The van der Waals surface area contributed by atoms with Crippen LogP contribution in [0.2, 0.25) is 0 Å². The van der Waals surface area contributed by atoms with Crippen LogP contribution in [0.5, 0.6) is 0 Å². The van der Waals surface area contributed by atoms with E-state index in [4.69, 9.17) is 10.2 Å². The Labute approximate surface area is 151 Å². The highest BCUT2D eigenvalue weighted by Gasteiger charge is 2.11. The van der Waals surface area contributed by atoms with Gasteiger partial charge in [-0.3, -0.25) is 0 Å². The molecule has 5 aromatic rings. The Hall–Kier alpha value is -3.52. The van der Waals surface area contributed by atoms with Crippen molar-refractivity contribution in [2.24, 2.45) is 0 Å². The Balaban J connectivity index is 1.62. The van der Waals surface area contributed by atoms with Gasteiger partial charge in [-0.25, -0.2) is 0 Å². The quantitative estimate of drug-likeness (QED) is 0.374. The predicted octanol–water partition coefficient (Wildman–Crippen LogP) is 6.50. The van der Waals surface area contributed by atoms with Crippen molar-refractivity contribution in [3.8, 4) is 22.3 Å². The van der Waals surface area contributed by atoms with Crippen molar-refractivity contribution < 1.29 is 4.42 Å². The third-order valence-corrected chi connectivity index (χ3v) is 4.84. The van der Waals surface area contributed by atoms with Gasteiger partial charge in [0.15, 0.2) is 0 Å². The van der Waals surface area contributed by atoms with Gasteiger partial charge in [-0.05, 0) is 34.9 Å². The topological polar surface area (TPSA) is 39.2 Å². The summed E-state index contributed by atoms with van der Waals surface area (Å²) in [5.41, 5.74) is 13.0. The molecule has 0 saturated carbocycles. The zero-order chi connectivity index (χ0) is 17.5. The summed E-state index contributed by atoms with van der Waals surface area (Å²) in [6, 6.07) is 31.0. The van der Waals surface area contributed by atoms with Crippen LogP contribution in [0, 0.1) is 0 Å². The fourth-order valence-electron chi connectivity index (χ4n) is 3.49. The Bertz CT molecular complexity index is 1220. The van der Waals surface area contributed by atoms with E-state index in [2.05, 4.69) is 48.5 Å². The van der Waals surface area contributed by atoms with Gasteiger partial charge in [0.05, 0.1) is 0 Å². The molecule has 124 valence electrons. The average molecular weight is 335 g/mol. The molecule has 1 heterocycles. The number of furan rings is 1. The highest BCUT2D eigenvalue weighted by Crippen LogP contribution is 2.36. The smallest absolute Gasteiger partial charge is 0.143 e. The average Bonchev–Trinajstić information content (AvgIpc) is 3.08. The zero-order valence-corrected chi connectivity index (χ0v) is 14.1. The lowest BCUT2D eigenvalue weighted by Crippen LogP contribution is -1.84. The van der Waals surface area contributed by atoms with Crippen molar-refractivity contribution in [3.05, 3.63) is 91.0 Å². The first-order valence-electron chi connectivity index (χ1n) is 8.66. The van der Waals surface area contributed by atoms with Gasteiger partial charge >= 0.3 is 0 Å². The van der Waals surface area contributed by atoms with Gasteiger partial charge in [-0.2, -0.15) is 0 Å².